The van der Waals surface area contributed by atoms with E-state index in [2.05, 4.69) is 21.6 Å². The molecule has 0 saturated heterocycles. The van der Waals surface area contributed by atoms with Crippen LogP contribution in [0.1, 0.15) is 18.2 Å². The van der Waals surface area contributed by atoms with Crippen LogP contribution in [-0.2, 0) is 0 Å². The summed E-state index contributed by atoms with van der Waals surface area (Å²) in [5, 5.41) is 12.8. The minimum Gasteiger partial charge on any atom is -0.436 e. The van der Waals surface area contributed by atoms with Gasteiger partial charge in [0.15, 0.2) is 5.75 Å². The molecule has 0 amide bonds. The van der Waals surface area contributed by atoms with Crippen LogP contribution in [0.25, 0.3) is 22.3 Å². The van der Waals surface area contributed by atoms with Gasteiger partial charge < -0.3 is 9.72 Å². The van der Waals surface area contributed by atoms with Crippen LogP contribution in [0, 0.1) is 11.3 Å². The number of rotatable bonds is 4. The Bertz CT molecular complexity index is 1500. The lowest BCUT2D eigenvalue weighted by Crippen LogP contribution is -2.33. The van der Waals surface area contributed by atoms with Crippen LogP contribution in [0.15, 0.2) is 46.6 Å². The Balaban J connectivity index is 1.75. The highest BCUT2D eigenvalue weighted by Gasteiger charge is 2.16. The van der Waals surface area contributed by atoms with Crippen LogP contribution < -0.4 is 16.0 Å². The van der Waals surface area contributed by atoms with E-state index in [0.717, 1.165) is 21.3 Å². The maximum absolute atomic E-state index is 12.1. The second-order valence-electron chi connectivity index (χ2n) is 6.50. The molecule has 0 bridgehead atoms. The molecule has 3 aromatic heterocycles. The third-order valence-corrected chi connectivity index (χ3v) is 4.89. The maximum atomic E-state index is 12.1. The van der Waals surface area contributed by atoms with Gasteiger partial charge in [-0.15, -0.1) is 5.10 Å². The number of pyridine rings is 1. The Morgan fingerprint density at radius 3 is 2.61 bits per heavy atom. The molecule has 9 nitrogen and oxygen atoms in total. The average molecular weight is 455 g/mol. The predicted octanol–water partition coefficient (Wildman–Crippen LogP) is 3.80. The zero-order valence-electron chi connectivity index (χ0n) is 15.9. The number of hydrogen-bond acceptors (Lipinski definition) is 6. The highest BCUT2D eigenvalue weighted by molar-refractivity contribution is 6.37. The molecule has 0 aliphatic carbocycles. The molecule has 0 fully saturated rings. The Kier molecular flexibility index (Phi) is 5.10. The zero-order chi connectivity index (χ0) is 22.3. The molecule has 154 valence electrons. The summed E-state index contributed by atoms with van der Waals surface area (Å²) in [5.74, 6) is 0.363. The van der Waals surface area contributed by atoms with Gasteiger partial charge in [-0.25, -0.2) is 9.78 Å². The number of nitrogens with zero attached hydrogens (tertiary/aromatic N) is 4. The first-order chi connectivity index (χ1) is 14.8. The molecule has 1 aromatic carbocycles. The summed E-state index contributed by atoms with van der Waals surface area (Å²) in [6, 6.07) is 7.79. The Hall–Kier alpha value is -3.87. The number of allylic oxidation sites excluding steroid dienone is 1. The quantitative estimate of drug-likeness (QED) is 0.482. The predicted molar refractivity (Wildman–Crippen MR) is 116 cm³/mol. The lowest BCUT2D eigenvalue weighted by Gasteiger charge is -2.12. The van der Waals surface area contributed by atoms with Gasteiger partial charge in [0, 0.05) is 17.8 Å². The molecular formula is C20H12Cl2N6O3. The van der Waals surface area contributed by atoms with Crippen molar-refractivity contribution < 1.29 is 4.74 Å². The van der Waals surface area contributed by atoms with E-state index in [1.165, 1.54) is 12.1 Å². The summed E-state index contributed by atoms with van der Waals surface area (Å²) < 4.78 is 6.61. The number of halogens is 2. The second kappa shape index (κ2) is 7.75. The van der Waals surface area contributed by atoms with Gasteiger partial charge >= 0.3 is 5.69 Å². The van der Waals surface area contributed by atoms with E-state index < -0.39 is 16.9 Å². The third-order valence-electron chi connectivity index (χ3n) is 4.32. The number of aromatic amines is 2. The van der Waals surface area contributed by atoms with Crippen LogP contribution in [-0.4, -0.2) is 24.7 Å². The number of fused-ring (bicyclic) bond motifs is 1. The van der Waals surface area contributed by atoms with E-state index in [1.807, 2.05) is 18.1 Å². The second-order valence-corrected chi connectivity index (χ2v) is 7.31. The topological polar surface area (TPSA) is 129 Å². The molecule has 0 saturated carbocycles. The van der Waals surface area contributed by atoms with Crippen LogP contribution >= 0.6 is 23.2 Å². The number of aromatic nitrogens is 5. The first-order valence-corrected chi connectivity index (χ1v) is 9.49. The van der Waals surface area contributed by atoms with Crippen molar-refractivity contribution in [1.82, 2.24) is 24.7 Å². The molecular weight excluding hydrogens is 443 g/mol. The van der Waals surface area contributed by atoms with Crippen molar-refractivity contribution in [3.8, 4) is 23.4 Å². The van der Waals surface area contributed by atoms with E-state index >= 15 is 0 Å². The fourth-order valence-electron chi connectivity index (χ4n) is 2.88. The fraction of sp³-hybridized carbons (Fsp3) is 0.0500. The molecule has 0 atom stereocenters. The fourth-order valence-corrected chi connectivity index (χ4v) is 3.44. The first kappa shape index (κ1) is 20.4. The highest BCUT2D eigenvalue weighted by Crippen LogP contribution is 2.38. The largest absolute Gasteiger partial charge is 0.436 e. The maximum Gasteiger partial charge on any atom is 0.349 e. The minimum atomic E-state index is -0.888. The van der Waals surface area contributed by atoms with E-state index in [4.69, 9.17) is 33.2 Å². The molecule has 31 heavy (non-hydrogen) atoms. The van der Waals surface area contributed by atoms with Crippen molar-refractivity contribution >= 4 is 39.8 Å². The van der Waals surface area contributed by atoms with Crippen LogP contribution in [0.4, 0.5) is 0 Å². The van der Waals surface area contributed by atoms with Gasteiger partial charge in [-0.05, 0) is 30.7 Å². The van der Waals surface area contributed by atoms with Crippen molar-refractivity contribution in [3.05, 3.63) is 79.2 Å². The summed E-state index contributed by atoms with van der Waals surface area (Å²) in [6.45, 7) is 5.80. The van der Waals surface area contributed by atoms with Gasteiger partial charge in [-0.3, -0.25) is 9.78 Å². The van der Waals surface area contributed by atoms with Crippen molar-refractivity contribution in [3.63, 3.8) is 0 Å². The molecule has 3 heterocycles. The summed E-state index contributed by atoms with van der Waals surface area (Å²) >= 11 is 12.7. The summed E-state index contributed by atoms with van der Waals surface area (Å²) in [5.41, 5.74) is 1.11. The van der Waals surface area contributed by atoms with Crippen molar-refractivity contribution in [1.29, 1.82) is 5.26 Å². The van der Waals surface area contributed by atoms with E-state index in [0.29, 0.717) is 5.52 Å². The Morgan fingerprint density at radius 2 is 1.97 bits per heavy atom. The van der Waals surface area contributed by atoms with Gasteiger partial charge in [-0.1, -0.05) is 29.8 Å². The van der Waals surface area contributed by atoms with Gasteiger partial charge in [-0.2, -0.15) is 9.94 Å². The minimum absolute atomic E-state index is 0.0667. The van der Waals surface area contributed by atoms with E-state index in [1.54, 1.807) is 18.2 Å². The number of nitriles is 1. The van der Waals surface area contributed by atoms with Gasteiger partial charge in [0.05, 0.1) is 26.8 Å². The summed E-state index contributed by atoms with van der Waals surface area (Å²) in [4.78, 5) is 33.2. The molecule has 0 unspecified atom stereocenters. The number of nitrogens with one attached hydrogen (secondary N) is 2. The lowest BCUT2D eigenvalue weighted by molar-refractivity contribution is 0.465. The van der Waals surface area contributed by atoms with Gasteiger partial charge in [0.2, 0.25) is 11.6 Å². The number of hydrogen-bond donors (Lipinski definition) is 2. The summed E-state index contributed by atoms with van der Waals surface area (Å²) in [6.07, 6.45) is 1.81. The first-order valence-electron chi connectivity index (χ1n) is 8.73. The standard InChI is InChI=1S/C20H12Cl2N6O3/c1-9(2)11-8-24-14-3-4-16(25-17(11)14)31-18-12(21)5-10(6-13(18)22)28-20(30)26-19(29)15(7-23)27-28/h3-6,8,24H,1H2,2H3,(H,26,29,30). The smallest absolute Gasteiger partial charge is 0.349 e. The molecule has 11 heteroatoms. The Labute approximate surface area is 184 Å². The van der Waals surface area contributed by atoms with Crippen molar-refractivity contribution in [2.24, 2.45) is 0 Å². The number of H-pyrrole nitrogens is 2. The van der Waals surface area contributed by atoms with Gasteiger partial charge in [0.1, 0.15) is 6.07 Å². The average Bonchev–Trinajstić information content (AvgIpc) is 3.14. The Morgan fingerprint density at radius 1 is 1.26 bits per heavy atom. The lowest BCUT2D eigenvalue weighted by atomic mass is 10.1. The van der Waals surface area contributed by atoms with Gasteiger partial charge in [0.25, 0.3) is 5.56 Å². The molecule has 0 aliphatic rings. The SMILES string of the molecule is C=C(C)c1c[nH]c2ccc(Oc3c(Cl)cc(-n4nc(C#N)c(=O)[nH]c4=O)cc3Cl)nc12. The van der Waals surface area contributed by atoms with Crippen molar-refractivity contribution in [2.75, 3.05) is 0 Å². The summed E-state index contributed by atoms with van der Waals surface area (Å²) in [7, 11) is 0. The molecule has 0 radical (unpaired) electrons. The molecule has 2 N–H and O–H groups in total. The third kappa shape index (κ3) is 3.70. The van der Waals surface area contributed by atoms with Crippen LogP contribution in [0.2, 0.25) is 10.0 Å². The van der Waals surface area contributed by atoms with Crippen LogP contribution in [0.5, 0.6) is 11.6 Å². The highest BCUT2D eigenvalue weighted by atomic mass is 35.5. The number of ether oxygens (including phenoxy) is 1. The molecule has 4 rings (SSSR count). The zero-order valence-corrected chi connectivity index (χ0v) is 17.4. The molecule has 0 spiro atoms. The van der Waals surface area contributed by atoms with E-state index in [9.17, 15) is 9.59 Å². The molecule has 0 aliphatic heterocycles. The van der Waals surface area contributed by atoms with Crippen molar-refractivity contribution in [2.45, 2.75) is 6.92 Å². The van der Waals surface area contributed by atoms with Crippen LogP contribution in [0.3, 0.4) is 0 Å². The molecule has 4 aromatic rings. The monoisotopic (exact) mass is 454 g/mol. The number of benzene rings is 1. The normalized spacial score (nSPS) is 10.8. The van der Waals surface area contributed by atoms with E-state index in [-0.39, 0.29) is 27.4 Å².